The summed E-state index contributed by atoms with van der Waals surface area (Å²) in [5, 5.41) is 8.76. The molecule has 2 N–H and O–H groups in total. The first-order valence-corrected chi connectivity index (χ1v) is 9.18. The van der Waals surface area contributed by atoms with Crippen molar-refractivity contribution in [3.63, 3.8) is 0 Å². The van der Waals surface area contributed by atoms with Crippen molar-refractivity contribution >= 4 is 5.91 Å². The highest BCUT2D eigenvalue weighted by Gasteiger charge is 2.40. The second-order valence-electron chi connectivity index (χ2n) is 7.54. The van der Waals surface area contributed by atoms with E-state index in [0.29, 0.717) is 5.92 Å². The molecule has 2 aliphatic heterocycles. The summed E-state index contributed by atoms with van der Waals surface area (Å²) < 4.78 is 2.28. The van der Waals surface area contributed by atoms with Crippen LogP contribution in [0, 0.1) is 0 Å². The van der Waals surface area contributed by atoms with Crippen molar-refractivity contribution in [3.8, 4) is 0 Å². The minimum Gasteiger partial charge on any atom is -0.340 e. The lowest BCUT2D eigenvalue weighted by atomic mass is 9.81. The molecule has 1 aromatic heterocycles. The van der Waals surface area contributed by atoms with Gasteiger partial charge in [-0.3, -0.25) is 4.79 Å². The first kappa shape index (κ1) is 15.1. The quantitative estimate of drug-likeness (QED) is 0.898. The van der Waals surface area contributed by atoms with E-state index in [-0.39, 0.29) is 5.91 Å². The third-order valence-electron chi connectivity index (χ3n) is 5.88. The minimum absolute atomic E-state index is 0.170. The van der Waals surface area contributed by atoms with Crippen molar-refractivity contribution in [1.29, 1.82) is 0 Å². The number of piperidine rings is 1. The van der Waals surface area contributed by atoms with Crippen LogP contribution in [0.2, 0.25) is 0 Å². The number of likely N-dealkylation sites (tertiary alicyclic amines) is 1. The van der Waals surface area contributed by atoms with Crippen molar-refractivity contribution in [3.05, 3.63) is 11.6 Å². The van der Waals surface area contributed by atoms with Crippen LogP contribution in [0.15, 0.2) is 0 Å². The van der Waals surface area contributed by atoms with Gasteiger partial charge in [-0.15, -0.1) is 10.2 Å². The Kier molecular flexibility index (Phi) is 3.87. The highest BCUT2D eigenvalue weighted by atomic mass is 16.2. The molecule has 1 atom stereocenters. The molecule has 1 amide bonds. The maximum atomic E-state index is 13.0. The Bertz CT molecular complexity index is 590. The molecule has 23 heavy (non-hydrogen) atoms. The van der Waals surface area contributed by atoms with Gasteiger partial charge < -0.3 is 15.2 Å². The van der Waals surface area contributed by atoms with E-state index >= 15 is 0 Å². The maximum Gasteiger partial charge on any atom is 0.242 e. The number of nitrogens with two attached hydrogens (primary N) is 1. The largest absolute Gasteiger partial charge is 0.340 e. The van der Waals surface area contributed by atoms with Gasteiger partial charge in [-0.25, -0.2) is 0 Å². The summed E-state index contributed by atoms with van der Waals surface area (Å²) in [6.45, 7) is 2.63. The van der Waals surface area contributed by atoms with Crippen LogP contribution in [0.25, 0.3) is 0 Å². The predicted octanol–water partition coefficient (Wildman–Crippen LogP) is 1.59. The SMILES string of the molecule is NC1(C(=O)N2CCCC(c3nnc4n3CCC4)C2)CCCCC1. The van der Waals surface area contributed by atoms with Gasteiger partial charge in [-0.05, 0) is 32.1 Å². The lowest BCUT2D eigenvalue weighted by Crippen LogP contribution is -2.57. The Morgan fingerprint density at radius 2 is 1.91 bits per heavy atom. The Labute approximate surface area is 137 Å². The summed E-state index contributed by atoms with van der Waals surface area (Å²) in [5.74, 6) is 2.69. The fraction of sp³-hybridized carbons (Fsp3) is 0.824. The zero-order valence-corrected chi connectivity index (χ0v) is 13.8. The van der Waals surface area contributed by atoms with E-state index < -0.39 is 5.54 Å². The number of aryl methyl sites for hydroxylation is 1. The van der Waals surface area contributed by atoms with Crippen molar-refractivity contribution in [1.82, 2.24) is 19.7 Å². The molecule has 1 aromatic rings. The molecule has 6 nitrogen and oxygen atoms in total. The number of carbonyl (C=O) groups is 1. The normalized spacial score (nSPS) is 27.0. The van der Waals surface area contributed by atoms with E-state index in [1.807, 2.05) is 4.90 Å². The maximum absolute atomic E-state index is 13.0. The van der Waals surface area contributed by atoms with Crippen molar-refractivity contribution < 1.29 is 4.79 Å². The molecule has 1 saturated heterocycles. The number of fused-ring (bicyclic) bond motifs is 1. The second-order valence-corrected chi connectivity index (χ2v) is 7.54. The van der Waals surface area contributed by atoms with Crippen LogP contribution in [0.5, 0.6) is 0 Å². The number of aromatic nitrogens is 3. The van der Waals surface area contributed by atoms with Gasteiger partial charge in [0.05, 0.1) is 5.54 Å². The molecule has 4 rings (SSSR count). The molecule has 0 spiro atoms. The van der Waals surface area contributed by atoms with Crippen LogP contribution in [0.1, 0.15) is 68.9 Å². The first-order chi connectivity index (χ1) is 11.2. The highest BCUT2D eigenvalue weighted by molar-refractivity contribution is 5.86. The smallest absolute Gasteiger partial charge is 0.242 e. The van der Waals surface area contributed by atoms with E-state index in [2.05, 4.69) is 14.8 Å². The average molecular weight is 317 g/mol. The lowest BCUT2D eigenvalue weighted by Gasteiger charge is -2.40. The molecule has 1 unspecified atom stereocenters. The van der Waals surface area contributed by atoms with Gasteiger partial charge in [0.2, 0.25) is 5.91 Å². The van der Waals surface area contributed by atoms with Crippen molar-refractivity contribution in [2.45, 2.75) is 75.8 Å². The minimum atomic E-state index is -0.618. The second kappa shape index (κ2) is 5.89. The van der Waals surface area contributed by atoms with E-state index in [0.717, 1.165) is 76.2 Å². The molecule has 1 aliphatic carbocycles. The molecule has 1 saturated carbocycles. The van der Waals surface area contributed by atoms with Gasteiger partial charge >= 0.3 is 0 Å². The first-order valence-electron chi connectivity index (χ1n) is 9.18. The molecule has 3 aliphatic rings. The topological polar surface area (TPSA) is 77.0 Å². The van der Waals surface area contributed by atoms with E-state index in [4.69, 9.17) is 5.73 Å². The Balaban J connectivity index is 1.49. The fourth-order valence-electron chi connectivity index (χ4n) is 4.56. The predicted molar refractivity (Wildman–Crippen MR) is 86.9 cm³/mol. The molecule has 6 heteroatoms. The molecule has 0 aromatic carbocycles. The van der Waals surface area contributed by atoms with Crippen LogP contribution in [-0.2, 0) is 17.8 Å². The van der Waals surface area contributed by atoms with Crippen LogP contribution >= 0.6 is 0 Å². The monoisotopic (exact) mass is 317 g/mol. The number of rotatable bonds is 2. The summed E-state index contributed by atoms with van der Waals surface area (Å²) in [4.78, 5) is 15.0. The Morgan fingerprint density at radius 3 is 2.74 bits per heavy atom. The van der Waals surface area contributed by atoms with E-state index in [9.17, 15) is 4.79 Å². The van der Waals surface area contributed by atoms with Crippen LogP contribution < -0.4 is 5.73 Å². The summed E-state index contributed by atoms with van der Waals surface area (Å²) >= 11 is 0. The summed E-state index contributed by atoms with van der Waals surface area (Å²) in [6.07, 6.45) is 9.39. The van der Waals surface area contributed by atoms with Crippen LogP contribution in [-0.4, -0.2) is 44.2 Å². The average Bonchev–Trinajstić information content (AvgIpc) is 3.18. The molecule has 3 heterocycles. The third-order valence-corrected chi connectivity index (χ3v) is 5.88. The molecular formula is C17H27N5O. The standard InChI is InChI=1S/C17H27N5O/c18-17(8-2-1-3-9-17)16(23)21-10-4-6-13(12-21)15-20-19-14-7-5-11-22(14)15/h13H,1-12,18H2. The van der Waals surface area contributed by atoms with E-state index in [1.54, 1.807) is 0 Å². The molecular weight excluding hydrogens is 290 g/mol. The number of nitrogens with zero attached hydrogens (tertiary/aromatic N) is 4. The third kappa shape index (κ3) is 2.67. The van der Waals surface area contributed by atoms with Gasteiger partial charge in [0.15, 0.2) is 0 Å². The van der Waals surface area contributed by atoms with Gasteiger partial charge in [0.25, 0.3) is 0 Å². The van der Waals surface area contributed by atoms with Crippen molar-refractivity contribution in [2.75, 3.05) is 13.1 Å². The van der Waals surface area contributed by atoms with Gasteiger partial charge in [-0.1, -0.05) is 19.3 Å². The summed E-state index contributed by atoms with van der Waals surface area (Å²) in [7, 11) is 0. The molecule has 126 valence electrons. The number of hydrogen-bond acceptors (Lipinski definition) is 4. The number of carbonyl (C=O) groups excluding carboxylic acids is 1. The molecule has 2 fully saturated rings. The molecule has 0 radical (unpaired) electrons. The number of hydrogen-bond donors (Lipinski definition) is 1. The van der Waals surface area contributed by atoms with Crippen molar-refractivity contribution in [2.24, 2.45) is 5.73 Å². The summed E-state index contributed by atoms with van der Waals surface area (Å²) in [5.41, 5.74) is 5.85. The Hall–Kier alpha value is -1.43. The Morgan fingerprint density at radius 1 is 1.09 bits per heavy atom. The van der Waals surface area contributed by atoms with Crippen LogP contribution in [0.4, 0.5) is 0 Å². The van der Waals surface area contributed by atoms with Crippen LogP contribution in [0.3, 0.4) is 0 Å². The molecule has 0 bridgehead atoms. The lowest BCUT2D eigenvalue weighted by molar-refractivity contribution is -0.139. The summed E-state index contributed by atoms with van der Waals surface area (Å²) in [6, 6.07) is 0. The van der Waals surface area contributed by atoms with E-state index in [1.165, 1.54) is 12.8 Å². The number of amides is 1. The van der Waals surface area contributed by atoms with Gasteiger partial charge in [-0.2, -0.15) is 0 Å². The highest BCUT2D eigenvalue weighted by Crippen LogP contribution is 2.32. The fourth-order valence-corrected chi connectivity index (χ4v) is 4.56. The zero-order chi connectivity index (χ0) is 15.9. The zero-order valence-electron chi connectivity index (χ0n) is 13.8. The van der Waals surface area contributed by atoms with Gasteiger partial charge in [0.1, 0.15) is 11.6 Å². The van der Waals surface area contributed by atoms with Gasteiger partial charge in [0, 0.05) is 32.0 Å².